The highest BCUT2D eigenvalue weighted by atomic mass is 15.2. The van der Waals surface area contributed by atoms with Crippen molar-refractivity contribution in [2.24, 2.45) is 0 Å². The van der Waals surface area contributed by atoms with Crippen LogP contribution >= 0.6 is 0 Å². The van der Waals surface area contributed by atoms with E-state index in [0.717, 1.165) is 19.5 Å². The van der Waals surface area contributed by atoms with Gasteiger partial charge in [-0.05, 0) is 33.4 Å². The lowest BCUT2D eigenvalue weighted by atomic mass is 9.98. The van der Waals surface area contributed by atoms with Crippen molar-refractivity contribution in [3.63, 3.8) is 0 Å². The van der Waals surface area contributed by atoms with Gasteiger partial charge in [-0.15, -0.1) is 6.58 Å². The Labute approximate surface area is 71.1 Å². The maximum atomic E-state index is 3.77. The van der Waals surface area contributed by atoms with E-state index in [-0.39, 0.29) is 5.54 Å². The fourth-order valence-electron chi connectivity index (χ4n) is 1.56. The monoisotopic (exact) mass is 155 g/mol. The number of hydrogen-bond acceptors (Lipinski definition) is 1. The Morgan fingerprint density at radius 2 is 1.73 bits per heavy atom. The summed E-state index contributed by atoms with van der Waals surface area (Å²) in [5.41, 5.74) is 0.283. The lowest BCUT2D eigenvalue weighted by Crippen LogP contribution is -2.43. The molecule has 0 aliphatic heterocycles. The van der Waals surface area contributed by atoms with Crippen molar-refractivity contribution in [2.75, 3.05) is 13.1 Å². The predicted octanol–water partition coefficient (Wildman–Crippen LogP) is 2.68. The van der Waals surface area contributed by atoms with E-state index < -0.39 is 0 Å². The van der Waals surface area contributed by atoms with Crippen LogP contribution in [0.15, 0.2) is 12.7 Å². The van der Waals surface area contributed by atoms with E-state index in [2.05, 4.69) is 39.2 Å². The average molecular weight is 155 g/mol. The smallest absolute Gasteiger partial charge is 0.0187 e. The molecule has 0 unspecified atom stereocenters. The largest absolute Gasteiger partial charge is 0.298 e. The van der Waals surface area contributed by atoms with E-state index >= 15 is 0 Å². The lowest BCUT2D eigenvalue weighted by molar-refractivity contribution is 0.138. The summed E-state index contributed by atoms with van der Waals surface area (Å²) in [5, 5.41) is 0. The zero-order valence-electron chi connectivity index (χ0n) is 8.35. The van der Waals surface area contributed by atoms with E-state index in [1.165, 1.54) is 0 Å². The van der Waals surface area contributed by atoms with Crippen LogP contribution < -0.4 is 0 Å². The first-order valence-electron chi connectivity index (χ1n) is 4.44. The van der Waals surface area contributed by atoms with Gasteiger partial charge in [-0.25, -0.2) is 0 Å². The third kappa shape index (κ3) is 3.06. The summed E-state index contributed by atoms with van der Waals surface area (Å²) in [6.07, 6.45) is 3.06. The Balaban J connectivity index is 4.10. The molecule has 0 fully saturated rings. The Bertz CT molecular complexity index is 112. The second-order valence-electron chi connectivity index (χ2n) is 3.48. The summed E-state index contributed by atoms with van der Waals surface area (Å²) in [6.45, 7) is 15.0. The summed E-state index contributed by atoms with van der Waals surface area (Å²) in [7, 11) is 0. The highest BCUT2D eigenvalue weighted by Gasteiger charge is 2.21. The highest BCUT2D eigenvalue weighted by molar-refractivity contribution is 4.87. The number of rotatable bonds is 5. The standard InChI is InChI=1S/C10H21N/c1-6-9-10(4,5)11(7-2)8-3/h6H,1,7-9H2,2-5H3. The molecule has 0 rings (SSSR count). The van der Waals surface area contributed by atoms with Crippen molar-refractivity contribution in [3.8, 4) is 0 Å². The fraction of sp³-hybridized carbons (Fsp3) is 0.800. The average Bonchev–Trinajstić information content (AvgIpc) is 1.89. The summed E-state index contributed by atoms with van der Waals surface area (Å²) >= 11 is 0. The van der Waals surface area contributed by atoms with Crippen LogP contribution in [0.25, 0.3) is 0 Å². The van der Waals surface area contributed by atoms with Crippen LogP contribution in [0, 0.1) is 0 Å². The molecule has 0 saturated carbocycles. The summed E-state index contributed by atoms with van der Waals surface area (Å²) in [4.78, 5) is 2.45. The zero-order valence-corrected chi connectivity index (χ0v) is 8.35. The van der Waals surface area contributed by atoms with Crippen LogP contribution in [0.2, 0.25) is 0 Å². The van der Waals surface area contributed by atoms with Crippen molar-refractivity contribution in [1.82, 2.24) is 4.90 Å². The maximum absolute atomic E-state index is 3.77. The van der Waals surface area contributed by atoms with Gasteiger partial charge < -0.3 is 0 Å². The minimum absolute atomic E-state index is 0.283. The fourth-order valence-corrected chi connectivity index (χ4v) is 1.56. The van der Waals surface area contributed by atoms with Gasteiger partial charge in [0.15, 0.2) is 0 Å². The van der Waals surface area contributed by atoms with E-state index in [1.54, 1.807) is 0 Å². The topological polar surface area (TPSA) is 3.24 Å². The molecular weight excluding hydrogens is 134 g/mol. The molecule has 0 aliphatic rings. The van der Waals surface area contributed by atoms with Gasteiger partial charge in [0.05, 0.1) is 0 Å². The highest BCUT2D eigenvalue weighted by Crippen LogP contribution is 2.17. The van der Waals surface area contributed by atoms with Crippen LogP contribution in [-0.4, -0.2) is 23.5 Å². The van der Waals surface area contributed by atoms with Gasteiger partial charge in [-0.2, -0.15) is 0 Å². The van der Waals surface area contributed by atoms with Crippen molar-refractivity contribution in [3.05, 3.63) is 12.7 Å². The Kier molecular flexibility index (Phi) is 4.43. The Hall–Kier alpha value is -0.300. The van der Waals surface area contributed by atoms with E-state index in [0.29, 0.717) is 0 Å². The summed E-state index contributed by atoms with van der Waals surface area (Å²) < 4.78 is 0. The van der Waals surface area contributed by atoms with Crippen LogP contribution in [-0.2, 0) is 0 Å². The molecule has 0 bridgehead atoms. The SMILES string of the molecule is C=CCC(C)(C)N(CC)CC. The van der Waals surface area contributed by atoms with Crippen LogP contribution in [0.4, 0.5) is 0 Å². The van der Waals surface area contributed by atoms with Gasteiger partial charge >= 0.3 is 0 Å². The van der Waals surface area contributed by atoms with Gasteiger partial charge in [-0.1, -0.05) is 19.9 Å². The molecule has 1 heteroatoms. The normalized spacial score (nSPS) is 12.1. The second-order valence-corrected chi connectivity index (χ2v) is 3.48. The first kappa shape index (κ1) is 10.7. The van der Waals surface area contributed by atoms with Crippen molar-refractivity contribution < 1.29 is 0 Å². The first-order valence-corrected chi connectivity index (χ1v) is 4.44. The zero-order chi connectivity index (χ0) is 8.91. The van der Waals surface area contributed by atoms with Crippen LogP contribution in [0.5, 0.6) is 0 Å². The van der Waals surface area contributed by atoms with Crippen molar-refractivity contribution in [2.45, 2.75) is 39.7 Å². The van der Waals surface area contributed by atoms with Crippen LogP contribution in [0.1, 0.15) is 34.1 Å². The van der Waals surface area contributed by atoms with Crippen LogP contribution in [0.3, 0.4) is 0 Å². The van der Waals surface area contributed by atoms with Gasteiger partial charge in [0.25, 0.3) is 0 Å². The number of nitrogens with zero attached hydrogens (tertiary/aromatic N) is 1. The molecule has 0 radical (unpaired) electrons. The van der Waals surface area contributed by atoms with E-state index in [1.807, 2.05) is 6.08 Å². The molecule has 0 spiro atoms. The molecule has 0 saturated heterocycles. The van der Waals surface area contributed by atoms with E-state index in [4.69, 9.17) is 0 Å². The first-order chi connectivity index (χ1) is 5.08. The van der Waals surface area contributed by atoms with Gasteiger partial charge in [0.2, 0.25) is 0 Å². The minimum atomic E-state index is 0.283. The van der Waals surface area contributed by atoms with Crippen molar-refractivity contribution >= 4 is 0 Å². The summed E-state index contributed by atoms with van der Waals surface area (Å²) in [5.74, 6) is 0. The predicted molar refractivity (Wildman–Crippen MR) is 51.8 cm³/mol. The van der Waals surface area contributed by atoms with Gasteiger partial charge in [0, 0.05) is 5.54 Å². The molecule has 0 N–H and O–H groups in total. The molecule has 66 valence electrons. The third-order valence-corrected chi connectivity index (χ3v) is 2.26. The molecule has 1 nitrogen and oxygen atoms in total. The molecule has 0 heterocycles. The minimum Gasteiger partial charge on any atom is -0.298 e. The Morgan fingerprint density at radius 3 is 2.00 bits per heavy atom. The molecule has 11 heavy (non-hydrogen) atoms. The number of hydrogen-bond donors (Lipinski definition) is 0. The molecule has 0 aromatic rings. The molecule has 0 amide bonds. The lowest BCUT2D eigenvalue weighted by Gasteiger charge is -2.36. The molecule has 0 atom stereocenters. The summed E-state index contributed by atoms with van der Waals surface area (Å²) in [6, 6.07) is 0. The van der Waals surface area contributed by atoms with E-state index in [9.17, 15) is 0 Å². The van der Waals surface area contributed by atoms with Gasteiger partial charge in [-0.3, -0.25) is 4.90 Å². The second kappa shape index (κ2) is 4.55. The Morgan fingerprint density at radius 1 is 1.27 bits per heavy atom. The van der Waals surface area contributed by atoms with Crippen molar-refractivity contribution in [1.29, 1.82) is 0 Å². The molecular formula is C10H21N. The molecule has 0 aromatic heterocycles. The van der Waals surface area contributed by atoms with Gasteiger partial charge in [0.1, 0.15) is 0 Å². The molecule has 0 aromatic carbocycles. The molecule has 0 aliphatic carbocycles. The quantitative estimate of drug-likeness (QED) is 0.552. The third-order valence-electron chi connectivity index (χ3n) is 2.26. The maximum Gasteiger partial charge on any atom is 0.0187 e.